The summed E-state index contributed by atoms with van der Waals surface area (Å²) in [5, 5.41) is 4.15. The number of nitrogens with two attached hydrogens (primary N) is 1. The Kier molecular flexibility index (Phi) is 3.42. The van der Waals surface area contributed by atoms with Crippen LogP contribution < -0.4 is 5.73 Å². The van der Waals surface area contributed by atoms with Crippen molar-refractivity contribution in [2.24, 2.45) is 5.73 Å². The van der Waals surface area contributed by atoms with Gasteiger partial charge in [0.2, 0.25) is 0 Å². The van der Waals surface area contributed by atoms with Crippen LogP contribution >= 0.6 is 0 Å². The highest BCUT2D eigenvalue weighted by molar-refractivity contribution is 4.89. The van der Waals surface area contributed by atoms with Crippen molar-refractivity contribution in [2.75, 3.05) is 0 Å². The highest BCUT2D eigenvalue weighted by Crippen LogP contribution is 2.07. The second-order valence-electron chi connectivity index (χ2n) is 3.59. The zero-order chi connectivity index (χ0) is 9.84. The lowest BCUT2D eigenvalue weighted by Gasteiger charge is -2.11. The molecule has 13 heavy (non-hydrogen) atoms. The van der Waals surface area contributed by atoms with E-state index in [1.54, 1.807) is 6.33 Å². The lowest BCUT2D eigenvalue weighted by atomic mass is 10.1. The maximum atomic E-state index is 5.85. The van der Waals surface area contributed by atoms with Gasteiger partial charge < -0.3 is 5.73 Å². The van der Waals surface area contributed by atoms with Crippen LogP contribution in [0.4, 0.5) is 0 Å². The Balaban J connectivity index is 2.70. The monoisotopic (exact) mass is 182 g/mol. The lowest BCUT2D eigenvalue weighted by Crippen LogP contribution is -2.24. The van der Waals surface area contributed by atoms with Gasteiger partial charge in [0.15, 0.2) is 0 Å². The predicted octanol–water partition coefficient (Wildman–Crippen LogP) is 1.14. The van der Waals surface area contributed by atoms with E-state index in [4.69, 9.17) is 5.73 Å². The fraction of sp³-hybridized carbons (Fsp3) is 0.778. The Morgan fingerprint density at radius 3 is 2.77 bits per heavy atom. The molecule has 0 aliphatic heterocycles. The molecule has 0 spiro atoms. The summed E-state index contributed by atoms with van der Waals surface area (Å²) < 4.78 is 1.93. The molecular formula is C9H18N4. The molecule has 1 heterocycles. The molecule has 2 N–H and O–H groups in total. The molecule has 0 amide bonds. The van der Waals surface area contributed by atoms with Crippen LogP contribution in [0.15, 0.2) is 6.33 Å². The van der Waals surface area contributed by atoms with Crippen molar-refractivity contribution < 1.29 is 0 Å². The van der Waals surface area contributed by atoms with E-state index in [0.29, 0.717) is 6.04 Å². The second kappa shape index (κ2) is 4.37. The Labute approximate surface area is 79.2 Å². The van der Waals surface area contributed by atoms with Gasteiger partial charge in [-0.05, 0) is 20.3 Å². The molecule has 0 bridgehead atoms. The van der Waals surface area contributed by atoms with Gasteiger partial charge in [-0.25, -0.2) is 9.67 Å². The third-order valence-electron chi connectivity index (χ3n) is 2.11. The first-order valence-electron chi connectivity index (χ1n) is 4.79. The smallest absolute Gasteiger partial charge is 0.138 e. The number of hydrogen-bond donors (Lipinski definition) is 1. The van der Waals surface area contributed by atoms with E-state index in [9.17, 15) is 0 Å². The van der Waals surface area contributed by atoms with E-state index < -0.39 is 0 Å². The van der Waals surface area contributed by atoms with Gasteiger partial charge in [-0.2, -0.15) is 5.10 Å². The normalized spacial score (nSPS) is 13.6. The number of rotatable bonds is 4. The minimum absolute atomic E-state index is 0.196. The summed E-state index contributed by atoms with van der Waals surface area (Å²) in [6, 6.07) is 0.559. The summed E-state index contributed by atoms with van der Waals surface area (Å²) in [5.74, 6) is 0.990. The molecule has 0 aliphatic carbocycles. The number of nitrogens with zero attached hydrogens (tertiary/aromatic N) is 3. The third kappa shape index (κ3) is 2.52. The van der Waals surface area contributed by atoms with Gasteiger partial charge in [0, 0.05) is 18.5 Å². The van der Waals surface area contributed by atoms with Crippen molar-refractivity contribution in [3.05, 3.63) is 12.2 Å². The number of hydrogen-bond acceptors (Lipinski definition) is 3. The fourth-order valence-corrected chi connectivity index (χ4v) is 1.23. The summed E-state index contributed by atoms with van der Waals surface area (Å²) in [6.45, 7) is 6.27. The first kappa shape index (κ1) is 10.2. The van der Waals surface area contributed by atoms with Crippen molar-refractivity contribution in [3.8, 4) is 0 Å². The average molecular weight is 182 g/mol. The molecule has 1 aromatic heterocycles. The van der Waals surface area contributed by atoms with E-state index in [2.05, 4.69) is 30.9 Å². The van der Waals surface area contributed by atoms with Crippen molar-refractivity contribution in [2.45, 2.75) is 45.7 Å². The van der Waals surface area contributed by atoms with Crippen molar-refractivity contribution >= 4 is 0 Å². The minimum Gasteiger partial charge on any atom is -0.327 e. The van der Waals surface area contributed by atoms with Gasteiger partial charge in [0.25, 0.3) is 0 Å². The van der Waals surface area contributed by atoms with Crippen LogP contribution in [0.2, 0.25) is 0 Å². The Morgan fingerprint density at radius 1 is 1.54 bits per heavy atom. The molecule has 0 radical (unpaired) electrons. The molecule has 0 fully saturated rings. The van der Waals surface area contributed by atoms with Crippen LogP contribution in [0.5, 0.6) is 0 Å². The van der Waals surface area contributed by atoms with E-state index in [-0.39, 0.29) is 6.04 Å². The Bertz CT molecular complexity index is 254. The van der Waals surface area contributed by atoms with Gasteiger partial charge in [-0.3, -0.25) is 0 Å². The molecule has 0 saturated heterocycles. The van der Waals surface area contributed by atoms with E-state index in [1.807, 2.05) is 4.68 Å². The van der Waals surface area contributed by atoms with Crippen LogP contribution in [0, 0.1) is 0 Å². The van der Waals surface area contributed by atoms with Gasteiger partial charge in [0.1, 0.15) is 12.2 Å². The molecular weight excluding hydrogens is 164 g/mol. The van der Waals surface area contributed by atoms with Crippen molar-refractivity contribution in [1.29, 1.82) is 0 Å². The maximum Gasteiger partial charge on any atom is 0.138 e. The second-order valence-corrected chi connectivity index (χ2v) is 3.59. The first-order chi connectivity index (χ1) is 6.15. The topological polar surface area (TPSA) is 56.7 Å². The maximum absolute atomic E-state index is 5.85. The Morgan fingerprint density at radius 2 is 2.23 bits per heavy atom. The van der Waals surface area contributed by atoms with Crippen LogP contribution in [0.1, 0.15) is 39.1 Å². The summed E-state index contributed by atoms with van der Waals surface area (Å²) in [7, 11) is 0. The van der Waals surface area contributed by atoms with Crippen molar-refractivity contribution in [1.82, 2.24) is 14.8 Å². The summed E-state index contributed by atoms with van der Waals surface area (Å²) in [5.41, 5.74) is 5.85. The molecule has 4 heteroatoms. The summed E-state index contributed by atoms with van der Waals surface area (Å²) >= 11 is 0. The molecule has 4 nitrogen and oxygen atoms in total. The largest absolute Gasteiger partial charge is 0.327 e. The van der Waals surface area contributed by atoms with Gasteiger partial charge in [-0.15, -0.1) is 0 Å². The van der Waals surface area contributed by atoms with E-state index in [0.717, 1.165) is 18.7 Å². The quantitative estimate of drug-likeness (QED) is 0.759. The zero-order valence-electron chi connectivity index (χ0n) is 8.57. The SMILES string of the molecule is CCC(N)Cc1ncnn1C(C)C. The van der Waals surface area contributed by atoms with Crippen molar-refractivity contribution in [3.63, 3.8) is 0 Å². The van der Waals surface area contributed by atoms with Gasteiger partial charge >= 0.3 is 0 Å². The van der Waals surface area contributed by atoms with Gasteiger partial charge in [0.05, 0.1) is 0 Å². The minimum atomic E-state index is 0.196. The van der Waals surface area contributed by atoms with E-state index >= 15 is 0 Å². The van der Waals surface area contributed by atoms with Crippen LogP contribution in [0.25, 0.3) is 0 Å². The molecule has 0 aliphatic rings. The van der Waals surface area contributed by atoms with E-state index in [1.165, 1.54) is 0 Å². The summed E-state index contributed by atoms with van der Waals surface area (Å²) in [4.78, 5) is 4.20. The standard InChI is InChI=1S/C9H18N4/c1-4-8(10)5-9-11-6-12-13(9)7(2)3/h6-8H,4-5,10H2,1-3H3. The lowest BCUT2D eigenvalue weighted by molar-refractivity contribution is 0.488. The predicted molar refractivity (Wildman–Crippen MR) is 52.4 cm³/mol. The van der Waals surface area contributed by atoms with Crippen LogP contribution in [-0.2, 0) is 6.42 Å². The van der Waals surface area contributed by atoms with Crippen LogP contribution in [-0.4, -0.2) is 20.8 Å². The highest BCUT2D eigenvalue weighted by Gasteiger charge is 2.10. The molecule has 1 atom stereocenters. The van der Waals surface area contributed by atoms with Crippen LogP contribution in [0.3, 0.4) is 0 Å². The number of aromatic nitrogens is 3. The molecule has 1 rings (SSSR count). The molecule has 1 aromatic rings. The molecule has 0 aromatic carbocycles. The third-order valence-corrected chi connectivity index (χ3v) is 2.11. The molecule has 74 valence electrons. The average Bonchev–Trinajstić information content (AvgIpc) is 2.52. The highest BCUT2D eigenvalue weighted by atomic mass is 15.3. The zero-order valence-corrected chi connectivity index (χ0v) is 8.57. The Hall–Kier alpha value is -0.900. The summed E-state index contributed by atoms with van der Waals surface area (Å²) in [6.07, 6.45) is 3.39. The fourth-order valence-electron chi connectivity index (χ4n) is 1.23. The molecule has 1 unspecified atom stereocenters. The first-order valence-corrected chi connectivity index (χ1v) is 4.79. The van der Waals surface area contributed by atoms with Gasteiger partial charge in [-0.1, -0.05) is 6.92 Å². The molecule has 0 saturated carbocycles.